The number of nitrogens with one attached hydrogen (secondary N) is 1. The zero-order valence-corrected chi connectivity index (χ0v) is 9.95. The summed E-state index contributed by atoms with van der Waals surface area (Å²) >= 11 is 0. The summed E-state index contributed by atoms with van der Waals surface area (Å²) in [7, 11) is 0. The van der Waals surface area contributed by atoms with Crippen molar-refractivity contribution in [2.24, 2.45) is 10.9 Å². The lowest BCUT2D eigenvalue weighted by molar-refractivity contribution is 0.149. The van der Waals surface area contributed by atoms with Gasteiger partial charge in [-0.05, 0) is 38.0 Å². The molecule has 0 amide bonds. The number of allylic oxidation sites excluding steroid dienone is 2. The van der Waals surface area contributed by atoms with E-state index in [1.54, 1.807) is 0 Å². The number of hydrogen-bond donors (Lipinski definition) is 1. The van der Waals surface area contributed by atoms with Gasteiger partial charge in [0.15, 0.2) is 0 Å². The molecule has 3 nitrogen and oxygen atoms in total. The second-order valence-corrected chi connectivity index (χ2v) is 4.60. The van der Waals surface area contributed by atoms with Crippen LogP contribution in [-0.2, 0) is 4.74 Å². The minimum absolute atomic E-state index is 0.669. The minimum atomic E-state index is 0.669. The van der Waals surface area contributed by atoms with Crippen LogP contribution < -0.4 is 5.32 Å². The molecule has 0 aromatic rings. The largest absolute Gasteiger partial charge is 0.374 e. The van der Waals surface area contributed by atoms with Gasteiger partial charge in [0.1, 0.15) is 12.4 Å². The minimum Gasteiger partial charge on any atom is -0.374 e. The fourth-order valence-corrected chi connectivity index (χ4v) is 2.22. The molecule has 16 heavy (non-hydrogen) atoms. The van der Waals surface area contributed by atoms with E-state index in [9.17, 15) is 0 Å². The van der Waals surface area contributed by atoms with E-state index in [4.69, 9.17) is 4.74 Å². The summed E-state index contributed by atoms with van der Waals surface area (Å²) in [4.78, 5) is 4.38. The Labute approximate surface area is 98.0 Å². The van der Waals surface area contributed by atoms with Gasteiger partial charge >= 0.3 is 0 Å². The Morgan fingerprint density at radius 3 is 3.19 bits per heavy atom. The normalized spacial score (nSPS) is 25.0. The van der Waals surface area contributed by atoms with Crippen molar-refractivity contribution in [2.45, 2.75) is 32.1 Å². The summed E-state index contributed by atoms with van der Waals surface area (Å²) in [6.07, 6.45) is 10.8. The third-order valence-electron chi connectivity index (χ3n) is 3.25. The molecule has 0 saturated heterocycles. The molecule has 0 aromatic heterocycles. The zero-order valence-electron chi connectivity index (χ0n) is 9.95. The van der Waals surface area contributed by atoms with Crippen LogP contribution in [0.3, 0.4) is 0 Å². The third-order valence-corrected chi connectivity index (χ3v) is 3.25. The molecule has 90 valence electrons. The Morgan fingerprint density at radius 1 is 1.44 bits per heavy atom. The second-order valence-electron chi connectivity index (χ2n) is 4.60. The average Bonchev–Trinajstić information content (AvgIpc) is 2.37. The van der Waals surface area contributed by atoms with E-state index < -0.39 is 0 Å². The van der Waals surface area contributed by atoms with E-state index in [1.165, 1.54) is 25.7 Å². The molecule has 0 radical (unpaired) electrons. The van der Waals surface area contributed by atoms with E-state index >= 15 is 0 Å². The van der Waals surface area contributed by atoms with E-state index in [2.05, 4.69) is 22.5 Å². The maximum Gasteiger partial charge on any atom is 0.123 e. The molecule has 1 aliphatic carbocycles. The highest BCUT2D eigenvalue weighted by atomic mass is 16.5. The lowest BCUT2D eigenvalue weighted by atomic mass is 9.92. The van der Waals surface area contributed by atoms with Crippen molar-refractivity contribution in [2.75, 3.05) is 26.3 Å². The molecule has 1 atom stereocenters. The van der Waals surface area contributed by atoms with Crippen LogP contribution in [-0.4, -0.2) is 32.1 Å². The van der Waals surface area contributed by atoms with Gasteiger partial charge in [-0.15, -0.1) is 0 Å². The number of nitrogens with zero attached hydrogens (tertiary/aromatic N) is 1. The molecule has 0 unspecified atom stereocenters. The first-order chi connectivity index (χ1) is 7.95. The lowest BCUT2D eigenvalue weighted by Gasteiger charge is -2.18. The molecule has 2 aliphatic rings. The van der Waals surface area contributed by atoms with Crippen molar-refractivity contribution in [1.29, 1.82) is 0 Å². The van der Waals surface area contributed by atoms with Gasteiger partial charge in [-0.3, -0.25) is 4.99 Å². The molecule has 0 fully saturated rings. The molecule has 1 aliphatic heterocycles. The number of aliphatic imine (C=N–C) groups is 1. The van der Waals surface area contributed by atoms with Crippen LogP contribution in [0.25, 0.3) is 0 Å². The highest BCUT2D eigenvalue weighted by Gasteiger charge is 2.10. The van der Waals surface area contributed by atoms with Gasteiger partial charge < -0.3 is 10.1 Å². The lowest BCUT2D eigenvalue weighted by Crippen LogP contribution is -2.33. The summed E-state index contributed by atoms with van der Waals surface area (Å²) < 4.78 is 5.66. The second kappa shape index (κ2) is 6.69. The van der Waals surface area contributed by atoms with Crippen molar-refractivity contribution < 1.29 is 4.74 Å². The molecule has 0 spiro atoms. The average molecular weight is 222 g/mol. The Hall–Kier alpha value is -0.830. The Morgan fingerprint density at radius 2 is 2.44 bits per heavy atom. The van der Waals surface area contributed by atoms with Crippen LogP contribution in [0.1, 0.15) is 32.1 Å². The van der Waals surface area contributed by atoms with E-state index in [0.717, 1.165) is 37.9 Å². The Kier molecular flexibility index (Phi) is 4.87. The van der Waals surface area contributed by atoms with Crippen LogP contribution in [0.5, 0.6) is 0 Å². The first-order valence-electron chi connectivity index (χ1n) is 6.45. The van der Waals surface area contributed by atoms with E-state index in [1.807, 2.05) is 0 Å². The number of ether oxygens (including phenoxy) is 1. The quantitative estimate of drug-likeness (QED) is 0.571. The molecule has 2 rings (SSSR count). The Bertz CT molecular complexity index is 261. The first-order valence-corrected chi connectivity index (χ1v) is 6.45. The summed E-state index contributed by atoms with van der Waals surface area (Å²) in [6.45, 7) is 3.55. The summed E-state index contributed by atoms with van der Waals surface area (Å²) in [6, 6.07) is 0. The van der Waals surface area contributed by atoms with Gasteiger partial charge in [-0.25, -0.2) is 0 Å². The highest BCUT2D eigenvalue weighted by molar-refractivity contribution is 5.83. The summed E-state index contributed by atoms with van der Waals surface area (Å²) in [5, 5.41) is 3.27. The zero-order chi connectivity index (χ0) is 11.1. The van der Waals surface area contributed by atoms with Crippen LogP contribution in [0.4, 0.5) is 0 Å². The van der Waals surface area contributed by atoms with Crippen molar-refractivity contribution in [3.8, 4) is 0 Å². The fraction of sp³-hybridized carbons (Fsp3) is 0.769. The van der Waals surface area contributed by atoms with Crippen molar-refractivity contribution in [1.82, 2.24) is 5.32 Å². The smallest absolute Gasteiger partial charge is 0.123 e. The van der Waals surface area contributed by atoms with Crippen molar-refractivity contribution >= 4 is 5.84 Å². The van der Waals surface area contributed by atoms with Crippen molar-refractivity contribution in [3.05, 3.63) is 12.2 Å². The van der Waals surface area contributed by atoms with Gasteiger partial charge in [-0.2, -0.15) is 0 Å². The monoisotopic (exact) mass is 222 g/mol. The molecule has 3 heteroatoms. The van der Waals surface area contributed by atoms with Crippen LogP contribution in [0.15, 0.2) is 17.1 Å². The van der Waals surface area contributed by atoms with Gasteiger partial charge in [0, 0.05) is 19.7 Å². The van der Waals surface area contributed by atoms with Gasteiger partial charge in [0.2, 0.25) is 0 Å². The first kappa shape index (κ1) is 11.6. The number of amidine groups is 1. The SMILES string of the molecule is C1=CC[C@@H](CCOCC2=NCCCN2)CC1. The predicted octanol–water partition coefficient (Wildman–Crippen LogP) is 2.14. The molecular weight excluding hydrogens is 200 g/mol. The molecule has 0 bridgehead atoms. The maximum atomic E-state index is 5.66. The topological polar surface area (TPSA) is 33.6 Å². The summed E-state index contributed by atoms with van der Waals surface area (Å²) in [5.41, 5.74) is 0. The van der Waals surface area contributed by atoms with Crippen LogP contribution in [0.2, 0.25) is 0 Å². The predicted molar refractivity (Wildman–Crippen MR) is 66.8 cm³/mol. The summed E-state index contributed by atoms with van der Waals surface area (Å²) in [5.74, 6) is 1.88. The van der Waals surface area contributed by atoms with Gasteiger partial charge in [-0.1, -0.05) is 12.2 Å². The Balaban J connectivity index is 1.54. The van der Waals surface area contributed by atoms with Gasteiger partial charge in [0.05, 0.1) is 0 Å². The molecular formula is C13H22N2O. The third kappa shape index (κ3) is 3.97. The number of rotatable bonds is 5. The van der Waals surface area contributed by atoms with E-state index in [-0.39, 0.29) is 0 Å². The van der Waals surface area contributed by atoms with Crippen molar-refractivity contribution in [3.63, 3.8) is 0 Å². The fourth-order valence-electron chi connectivity index (χ4n) is 2.22. The maximum absolute atomic E-state index is 5.66. The molecule has 0 saturated carbocycles. The highest BCUT2D eigenvalue weighted by Crippen LogP contribution is 2.21. The molecule has 0 aromatic carbocycles. The van der Waals surface area contributed by atoms with Gasteiger partial charge in [0.25, 0.3) is 0 Å². The standard InChI is InChI=1S/C13H22N2O/c1-2-5-12(6-3-1)7-10-16-11-13-14-8-4-9-15-13/h1-2,12H,3-11H2,(H,14,15)/t12-/m1/s1. The van der Waals surface area contributed by atoms with Crippen LogP contribution >= 0.6 is 0 Å². The number of hydrogen-bond acceptors (Lipinski definition) is 3. The van der Waals surface area contributed by atoms with E-state index in [0.29, 0.717) is 6.61 Å². The van der Waals surface area contributed by atoms with Crippen LogP contribution in [0, 0.1) is 5.92 Å². The molecule has 1 N–H and O–H groups in total. The molecule has 1 heterocycles.